The van der Waals surface area contributed by atoms with Crippen molar-refractivity contribution < 1.29 is 4.79 Å². The minimum absolute atomic E-state index is 0.335. The lowest BCUT2D eigenvalue weighted by Crippen LogP contribution is -2.48. The minimum Gasteiger partial charge on any atom is -0.340 e. The molecule has 0 N–H and O–H groups in total. The summed E-state index contributed by atoms with van der Waals surface area (Å²) in [4.78, 5) is 16.4. The Hall–Kier alpha value is -1.35. The molecule has 3 heteroatoms. The third-order valence-corrected chi connectivity index (χ3v) is 3.96. The molecule has 0 saturated carbocycles. The number of benzene rings is 1. The number of hydrogen-bond acceptors (Lipinski definition) is 2. The van der Waals surface area contributed by atoms with Crippen molar-refractivity contribution >= 4 is 5.91 Å². The number of piperazine rings is 1. The summed E-state index contributed by atoms with van der Waals surface area (Å²) in [6, 6.07) is 8.69. The highest BCUT2D eigenvalue weighted by Gasteiger charge is 2.20. The maximum atomic E-state index is 12.0. The molecule has 1 aromatic carbocycles. The van der Waals surface area contributed by atoms with Crippen LogP contribution < -0.4 is 0 Å². The first-order valence-corrected chi connectivity index (χ1v) is 7.74. The first kappa shape index (κ1) is 15.0. The van der Waals surface area contributed by atoms with E-state index in [1.165, 1.54) is 11.1 Å². The number of amides is 1. The monoisotopic (exact) mass is 274 g/mol. The van der Waals surface area contributed by atoms with Crippen LogP contribution in [-0.2, 0) is 11.3 Å². The average Bonchev–Trinajstić information content (AvgIpc) is 2.45. The zero-order chi connectivity index (χ0) is 14.4. The molecule has 0 atom stereocenters. The van der Waals surface area contributed by atoms with Gasteiger partial charge in [-0.3, -0.25) is 9.69 Å². The standard InChI is InChI=1S/C17H26N2O/c1-3-4-8-17(20)19-11-9-18(10-12-19)14-16-7-5-6-15(2)13-16/h5-7,13H,3-4,8-12,14H2,1-2H3. The molecule has 0 aromatic heterocycles. The number of carbonyl (C=O) groups is 1. The lowest BCUT2D eigenvalue weighted by atomic mass is 10.1. The quantitative estimate of drug-likeness (QED) is 0.824. The molecule has 0 radical (unpaired) electrons. The third kappa shape index (κ3) is 4.34. The van der Waals surface area contributed by atoms with E-state index in [1.54, 1.807) is 0 Å². The minimum atomic E-state index is 0.335. The fraction of sp³-hybridized carbons (Fsp3) is 0.588. The topological polar surface area (TPSA) is 23.6 Å². The Bertz CT molecular complexity index is 436. The molecule has 0 spiro atoms. The van der Waals surface area contributed by atoms with Crippen molar-refractivity contribution in [3.8, 4) is 0 Å². The van der Waals surface area contributed by atoms with Gasteiger partial charge in [0.25, 0.3) is 0 Å². The van der Waals surface area contributed by atoms with Crippen LogP contribution >= 0.6 is 0 Å². The molecule has 2 rings (SSSR count). The van der Waals surface area contributed by atoms with Crippen molar-refractivity contribution in [2.75, 3.05) is 26.2 Å². The summed E-state index contributed by atoms with van der Waals surface area (Å²) in [7, 11) is 0. The van der Waals surface area contributed by atoms with Gasteiger partial charge >= 0.3 is 0 Å². The van der Waals surface area contributed by atoms with Crippen molar-refractivity contribution in [2.45, 2.75) is 39.7 Å². The van der Waals surface area contributed by atoms with Gasteiger partial charge in [0.05, 0.1) is 0 Å². The highest BCUT2D eigenvalue weighted by molar-refractivity contribution is 5.76. The van der Waals surface area contributed by atoms with E-state index in [9.17, 15) is 4.79 Å². The van der Waals surface area contributed by atoms with Crippen LogP contribution in [0, 0.1) is 6.92 Å². The normalized spacial score (nSPS) is 16.4. The van der Waals surface area contributed by atoms with Gasteiger partial charge in [-0.2, -0.15) is 0 Å². The lowest BCUT2D eigenvalue weighted by Gasteiger charge is -2.34. The van der Waals surface area contributed by atoms with E-state index >= 15 is 0 Å². The van der Waals surface area contributed by atoms with Crippen molar-refractivity contribution in [3.63, 3.8) is 0 Å². The Kier molecular flexibility index (Phi) is 5.60. The summed E-state index contributed by atoms with van der Waals surface area (Å²) in [6.45, 7) is 9.01. The summed E-state index contributed by atoms with van der Waals surface area (Å²) < 4.78 is 0. The number of nitrogens with zero attached hydrogens (tertiary/aromatic N) is 2. The molecule has 1 aliphatic rings. The van der Waals surface area contributed by atoms with Crippen LogP contribution in [-0.4, -0.2) is 41.9 Å². The predicted octanol–water partition coefficient (Wildman–Crippen LogP) is 2.83. The first-order chi connectivity index (χ1) is 9.69. The fourth-order valence-electron chi connectivity index (χ4n) is 2.71. The van der Waals surface area contributed by atoms with E-state index in [-0.39, 0.29) is 0 Å². The number of carbonyl (C=O) groups excluding carboxylic acids is 1. The van der Waals surface area contributed by atoms with Gasteiger partial charge < -0.3 is 4.90 Å². The second kappa shape index (κ2) is 7.44. The molecule has 1 saturated heterocycles. The molecule has 1 aromatic rings. The second-order valence-electron chi connectivity index (χ2n) is 5.75. The molecule has 3 nitrogen and oxygen atoms in total. The van der Waals surface area contributed by atoms with Crippen molar-refractivity contribution in [2.24, 2.45) is 0 Å². The van der Waals surface area contributed by atoms with Gasteiger partial charge in [0.2, 0.25) is 5.91 Å². The summed E-state index contributed by atoms with van der Waals surface area (Å²) in [5.41, 5.74) is 2.69. The van der Waals surface area contributed by atoms with Crippen LogP contribution in [0.15, 0.2) is 24.3 Å². The van der Waals surface area contributed by atoms with E-state index in [0.29, 0.717) is 12.3 Å². The highest BCUT2D eigenvalue weighted by atomic mass is 16.2. The van der Waals surface area contributed by atoms with E-state index in [2.05, 4.69) is 43.0 Å². The molecule has 1 amide bonds. The van der Waals surface area contributed by atoms with Crippen molar-refractivity contribution in [3.05, 3.63) is 35.4 Å². The van der Waals surface area contributed by atoms with Crippen LogP contribution in [0.25, 0.3) is 0 Å². The van der Waals surface area contributed by atoms with E-state index in [4.69, 9.17) is 0 Å². The van der Waals surface area contributed by atoms with E-state index in [0.717, 1.165) is 45.6 Å². The Morgan fingerprint density at radius 2 is 1.95 bits per heavy atom. The van der Waals surface area contributed by atoms with Gasteiger partial charge in [-0.05, 0) is 18.9 Å². The lowest BCUT2D eigenvalue weighted by molar-refractivity contribution is -0.133. The molecule has 1 heterocycles. The molecule has 1 aliphatic heterocycles. The summed E-state index contributed by atoms with van der Waals surface area (Å²) in [5, 5.41) is 0. The van der Waals surface area contributed by atoms with Crippen LogP contribution in [0.3, 0.4) is 0 Å². The number of hydrogen-bond donors (Lipinski definition) is 0. The van der Waals surface area contributed by atoms with Gasteiger partial charge in [0.1, 0.15) is 0 Å². The Morgan fingerprint density at radius 3 is 2.60 bits per heavy atom. The molecular weight excluding hydrogens is 248 g/mol. The molecule has 0 bridgehead atoms. The summed E-state index contributed by atoms with van der Waals surface area (Å²) >= 11 is 0. The second-order valence-corrected chi connectivity index (χ2v) is 5.75. The molecule has 20 heavy (non-hydrogen) atoms. The average molecular weight is 274 g/mol. The molecule has 110 valence electrons. The molecule has 0 unspecified atom stereocenters. The molecule has 0 aliphatic carbocycles. The van der Waals surface area contributed by atoms with E-state index < -0.39 is 0 Å². The number of unbranched alkanes of at least 4 members (excludes halogenated alkanes) is 1. The Morgan fingerprint density at radius 1 is 1.20 bits per heavy atom. The Balaban J connectivity index is 1.78. The molecule has 1 fully saturated rings. The Labute approximate surface area is 122 Å². The van der Waals surface area contributed by atoms with Gasteiger partial charge in [-0.1, -0.05) is 43.2 Å². The number of rotatable bonds is 5. The first-order valence-electron chi connectivity index (χ1n) is 7.74. The zero-order valence-electron chi connectivity index (χ0n) is 12.8. The maximum absolute atomic E-state index is 12.0. The van der Waals surface area contributed by atoms with Crippen molar-refractivity contribution in [1.82, 2.24) is 9.80 Å². The smallest absolute Gasteiger partial charge is 0.222 e. The van der Waals surface area contributed by atoms with Crippen LogP contribution in [0.2, 0.25) is 0 Å². The van der Waals surface area contributed by atoms with Gasteiger partial charge in [0, 0.05) is 39.1 Å². The van der Waals surface area contributed by atoms with Gasteiger partial charge in [0.15, 0.2) is 0 Å². The summed E-state index contributed by atoms with van der Waals surface area (Å²) in [5.74, 6) is 0.335. The van der Waals surface area contributed by atoms with Gasteiger partial charge in [-0.15, -0.1) is 0 Å². The fourth-order valence-corrected chi connectivity index (χ4v) is 2.71. The van der Waals surface area contributed by atoms with Gasteiger partial charge in [-0.25, -0.2) is 0 Å². The zero-order valence-corrected chi connectivity index (χ0v) is 12.8. The van der Waals surface area contributed by atoms with Crippen LogP contribution in [0.5, 0.6) is 0 Å². The van der Waals surface area contributed by atoms with E-state index in [1.807, 2.05) is 4.90 Å². The largest absolute Gasteiger partial charge is 0.340 e. The number of aryl methyl sites for hydroxylation is 1. The maximum Gasteiger partial charge on any atom is 0.222 e. The van der Waals surface area contributed by atoms with Crippen molar-refractivity contribution in [1.29, 1.82) is 0 Å². The van der Waals surface area contributed by atoms with Crippen LogP contribution in [0.4, 0.5) is 0 Å². The highest BCUT2D eigenvalue weighted by Crippen LogP contribution is 2.11. The van der Waals surface area contributed by atoms with Crippen LogP contribution in [0.1, 0.15) is 37.3 Å². The third-order valence-electron chi connectivity index (χ3n) is 3.96. The molecular formula is C17H26N2O. The SMILES string of the molecule is CCCCC(=O)N1CCN(Cc2cccc(C)c2)CC1. The summed E-state index contributed by atoms with van der Waals surface area (Å²) in [6.07, 6.45) is 2.83. The predicted molar refractivity (Wildman–Crippen MR) is 82.6 cm³/mol.